The first kappa shape index (κ1) is 19.5. The summed E-state index contributed by atoms with van der Waals surface area (Å²) in [5.74, 6) is 0.678. The Morgan fingerprint density at radius 3 is 2.28 bits per heavy atom. The molecule has 0 atom stereocenters. The van der Waals surface area contributed by atoms with Gasteiger partial charge in [0.2, 0.25) is 9.84 Å². The average Bonchev–Trinajstić information content (AvgIpc) is 2.84. The Kier molecular flexibility index (Phi) is 5.08. The number of hydrogen-bond donors (Lipinski definition) is 0. The van der Waals surface area contributed by atoms with Crippen molar-refractivity contribution in [2.75, 3.05) is 7.11 Å². The third-order valence-electron chi connectivity index (χ3n) is 5.40. The van der Waals surface area contributed by atoms with Gasteiger partial charge in [-0.25, -0.2) is 13.1 Å². The number of methoxy groups -OCH3 is 1. The molecule has 0 unspecified atom stereocenters. The molecule has 0 N–H and O–H groups in total. The van der Waals surface area contributed by atoms with Crippen molar-refractivity contribution in [1.82, 2.24) is 9.36 Å². The van der Waals surface area contributed by atoms with Crippen molar-refractivity contribution in [1.29, 1.82) is 0 Å². The second-order valence-electron chi connectivity index (χ2n) is 7.34. The average molecular weight is 413 g/mol. The highest BCUT2D eigenvalue weighted by molar-refractivity contribution is 7.91. The van der Waals surface area contributed by atoms with Gasteiger partial charge in [0.25, 0.3) is 5.56 Å². The Labute approximate surface area is 170 Å². The fourth-order valence-electron chi connectivity index (χ4n) is 3.86. The van der Waals surface area contributed by atoms with Crippen molar-refractivity contribution in [3.63, 3.8) is 0 Å². The monoisotopic (exact) mass is 412 g/mol. The number of nitrogens with zero attached hydrogens (tertiary/aromatic N) is 2. The molecule has 0 amide bonds. The van der Waals surface area contributed by atoms with E-state index in [0.29, 0.717) is 30.1 Å². The molecular weight excluding hydrogens is 388 g/mol. The minimum absolute atomic E-state index is 0.0981. The van der Waals surface area contributed by atoms with Crippen molar-refractivity contribution < 1.29 is 13.2 Å². The zero-order chi connectivity index (χ0) is 20.6. The molecule has 6 nitrogen and oxygen atoms in total. The quantitative estimate of drug-likeness (QED) is 0.657. The molecule has 4 rings (SSSR count). The SMILES string of the molecule is COc1ccc(-n2c(=O)c(S(=O)(=O)c3ccc(C)cc3)c3n2CCCCC3)cc1. The highest BCUT2D eigenvalue weighted by atomic mass is 32.2. The first-order chi connectivity index (χ1) is 13.9. The van der Waals surface area contributed by atoms with E-state index >= 15 is 0 Å². The highest BCUT2D eigenvalue weighted by Gasteiger charge is 2.32. The summed E-state index contributed by atoms with van der Waals surface area (Å²) >= 11 is 0. The summed E-state index contributed by atoms with van der Waals surface area (Å²) in [6.07, 6.45) is 3.34. The van der Waals surface area contributed by atoms with Crippen LogP contribution in [0.5, 0.6) is 5.75 Å². The van der Waals surface area contributed by atoms with Gasteiger partial charge in [0.15, 0.2) is 4.90 Å². The molecule has 7 heteroatoms. The van der Waals surface area contributed by atoms with Gasteiger partial charge in [-0.05, 0) is 62.6 Å². The van der Waals surface area contributed by atoms with Gasteiger partial charge >= 0.3 is 0 Å². The lowest BCUT2D eigenvalue weighted by atomic mass is 10.2. The Bertz CT molecular complexity index is 1190. The van der Waals surface area contributed by atoms with E-state index in [0.717, 1.165) is 24.8 Å². The van der Waals surface area contributed by atoms with Gasteiger partial charge in [0.05, 0.1) is 23.4 Å². The second-order valence-corrected chi connectivity index (χ2v) is 9.23. The molecule has 3 aromatic rings. The molecule has 0 saturated carbocycles. The number of hydrogen-bond acceptors (Lipinski definition) is 4. The largest absolute Gasteiger partial charge is 0.497 e. The molecule has 0 aliphatic carbocycles. The van der Waals surface area contributed by atoms with Gasteiger partial charge in [-0.3, -0.25) is 9.48 Å². The molecule has 0 bridgehead atoms. The predicted octanol–water partition coefficient (Wildman–Crippen LogP) is 3.52. The van der Waals surface area contributed by atoms with Crippen LogP contribution in [0.25, 0.3) is 5.69 Å². The summed E-state index contributed by atoms with van der Waals surface area (Å²) in [4.78, 5) is 13.5. The standard InChI is InChI=1S/C22H24N2O4S/c1-16-7-13-19(14-8-16)29(26,27)21-20-6-4-3-5-15-23(20)24(22(21)25)17-9-11-18(28-2)12-10-17/h7-14H,3-6,15H2,1-2H3. The van der Waals surface area contributed by atoms with E-state index in [9.17, 15) is 13.2 Å². The van der Waals surface area contributed by atoms with E-state index < -0.39 is 15.4 Å². The molecule has 152 valence electrons. The first-order valence-electron chi connectivity index (χ1n) is 9.74. The molecule has 0 radical (unpaired) electrons. The van der Waals surface area contributed by atoms with Gasteiger partial charge in [-0.1, -0.05) is 24.1 Å². The molecule has 0 spiro atoms. The number of sulfone groups is 1. The number of aromatic nitrogens is 2. The summed E-state index contributed by atoms with van der Waals surface area (Å²) < 4.78 is 35.4. The van der Waals surface area contributed by atoms with Crippen LogP contribution in [0.4, 0.5) is 0 Å². The lowest BCUT2D eigenvalue weighted by Crippen LogP contribution is -2.23. The Hall–Kier alpha value is -2.80. The van der Waals surface area contributed by atoms with Crippen molar-refractivity contribution in [2.24, 2.45) is 0 Å². The van der Waals surface area contributed by atoms with E-state index in [1.807, 2.05) is 11.6 Å². The Balaban J connectivity index is 1.96. The van der Waals surface area contributed by atoms with E-state index in [2.05, 4.69) is 0 Å². The smallest absolute Gasteiger partial charge is 0.290 e. The molecule has 1 aromatic heterocycles. The van der Waals surface area contributed by atoms with E-state index in [-0.39, 0.29) is 9.79 Å². The van der Waals surface area contributed by atoms with Crippen LogP contribution < -0.4 is 10.3 Å². The summed E-state index contributed by atoms with van der Waals surface area (Å²) in [5.41, 5.74) is 1.70. The topological polar surface area (TPSA) is 70.3 Å². The minimum atomic E-state index is -3.92. The molecule has 0 fully saturated rings. The lowest BCUT2D eigenvalue weighted by molar-refractivity contribution is 0.414. The molecule has 1 aliphatic rings. The van der Waals surface area contributed by atoms with Crippen molar-refractivity contribution in [3.05, 3.63) is 70.1 Å². The zero-order valence-corrected chi connectivity index (χ0v) is 17.4. The van der Waals surface area contributed by atoms with Crippen LogP contribution in [0, 0.1) is 6.92 Å². The van der Waals surface area contributed by atoms with E-state index in [1.54, 1.807) is 55.6 Å². The predicted molar refractivity (Wildman–Crippen MR) is 111 cm³/mol. The first-order valence-corrected chi connectivity index (χ1v) is 11.2. The van der Waals surface area contributed by atoms with Crippen molar-refractivity contribution in [2.45, 2.75) is 48.9 Å². The fraction of sp³-hybridized carbons (Fsp3) is 0.318. The van der Waals surface area contributed by atoms with Crippen molar-refractivity contribution in [3.8, 4) is 11.4 Å². The van der Waals surface area contributed by atoms with Crippen LogP contribution in [0.1, 0.15) is 30.5 Å². The molecular formula is C22H24N2O4S. The summed E-state index contributed by atoms with van der Waals surface area (Å²) in [6, 6.07) is 13.7. The third-order valence-corrected chi connectivity index (χ3v) is 7.24. The van der Waals surface area contributed by atoms with Gasteiger partial charge in [-0.15, -0.1) is 0 Å². The van der Waals surface area contributed by atoms with Gasteiger partial charge < -0.3 is 4.74 Å². The highest BCUT2D eigenvalue weighted by Crippen LogP contribution is 2.27. The second kappa shape index (κ2) is 7.55. The number of aryl methyl sites for hydroxylation is 1. The minimum Gasteiger partial charge on any atom is -0.497 e. The number of fused-ring (bicyclic) bond motifs is 1. The van der Waals surface area contributed by atoms with Crippen molar-refractivity contribution >= 4 is 9.84 Å². The van der Waals surface area contributed by atoms with Crippen LogP contribution in [0.3, 0.4) is 0 Å². The molecule has 1 aliphatic heterocycles. The maximum atomic E-state index is 13.4. The maximum Gasteiger partial charge on any atom is 0.290 e. The number of benzene rings is 2. The molecule has 2 heterocycles. The van der Waals surface area contributed by atoms with Gasteiger partial charge in [0, 0.05) is 6.54 Å². The Morgan fingerprint density at radius 2 is 1.62 bits per heavy atom. The lowest BCUT2D eigenvalue weighted by Gasteiger charge is -2.13. The van der Waals surface area contributed by atoms with Crippen LogP contribution in [-0.4, -0.2) is 24.9 Å². The van der Waals surface area contributed by atoms with Crippen LogP contribution in [-0.2, 0) is 22.8 Å². The molecule has 0 saturated heterocycles. The number of ether oxygens (including phenoxy) is 1. The van der Waals surface area contributed by atoms with E-state index in [1.165, 1.54) is 4.68 Å². The van der Waals surface area contributed by atoms with Gasteiger partial charge in [0.1, 0.15) is 5.75 Å². The Morgan fingerprint density at radius 1 is 0.931 bits per heavy atom. The fourth-order valence-corrected chi connectivity index (χ4v) is 5.42. The van der Waals surface area contributed by atoms with Crippen LogP contribution >= 0.6 is 0 Å². The normalized spacial score (nSPS) is 14.3. The van der Waals surface area contributed by atoms with Crippen LogP contribution in [0.2, 0.25) is 0 Å². The maximum absolute atomic E-state index is 13.4. The van der Waals surface area contributed by atoms with Gasteiger partial charge in [-0.2, -0.15) is 0 Å². The zero-order valence-electron chi connectivity index (χ0n) is 16.6. The summed E-state index contributed by atoms with van der Waals surface area (Å²) in [5, 5.41) is 0. The van der Waals surface area contributed by atoms with Crippen LogP contribution in [0.15, 0.2) is 63.1 Å². The summed E-state index contributed by atoms with van der Waals surface area (Å²) in [7, 11) is -2.34. The third kappa shape index (κ3) is 3.40. The number of rotatable bonds is 4. The molecule has 29 heavy (non-hydrogen) atoms. The summed E-state index contributed by atoms with van der Waals surface area (Å²) in [6.45, 7) is 2.51. The molecule has 2 aromatic carbocycles. The van der Waals surface area contributed by atoms with E-state index in [4.69, 9.17) is 4.74 Å².